The highest BCUT2D eigenvalue weighted by Crippen LogP contribution is 2.33. The molecule has 1 atom stereocenters. The second-order valence-electron chi connectivity index (χ2n) is 4.53. The molecule has 1 unspecified atom stereocenters. The molecule has 0 heterocycles. The molecule has 1 aliphatic rings. The molecule has 0 radical (unpaired) electrons. The van der Waals surface area contributed by atoms with Gasteiger partial charge in [-0.1, -0.05) is 12.1 Å². The summed E-state index contributed by atoms with van der Waals surface area (Å²) in [5.41, 5.74) is 0.992. The molecule has 1 fully saturated rings. The van der Waals surface area contributed by atoms with Crippen LogP contribution in [0.25, 0.3) is 0 Å². The van der Waals surface area contributed by atoms with Crippen LogP contribution in [0, 0.1) is 5.92 Å². The van der Waals surface area contributed by atoms with Gasteiger partial charge in [0.1, 0.15) is 0 Å². The Bertz CT molecular complexity index is 458. The summed E-state index contributed by atoms with van der Waals surface area (Å²) in [7, 11) is -3.11. The van der Waals surface area contributed by atoms with Crippen LogP contribution in [0.2, 0.25) is 0 Å². The molecular weight excluding hydrogens is 224 g/mol. The number of benzene rings is 1. The van der Waals surface area contributed by atoms with Gasteiger partial charge in [-0.25, -0.2) is 8.42 Å². The van der Waals surface area contributed by atoms with E-state index in [2.05, 4.69) is 0 Å². The molecule has 1 aromatic carbocycles. The SMILES string of the molecule is CS(=O)(=O)c1ccc(CC(O)C2CC2)cc1. The van der Waals surface area contributed by atoms with Crippen LogP contribution in [0.1, 0.15) is 18.4 Å². The minimum atomic E-state index is -3.11. The Kier molecular flexibility index (Phi) is 3.04. The number of aliphatic hydroxyl groups excluding tert-OH is 1. The fourth-order valence-corrected chi connectivity index (χ4v) is 2.39. The molecule has 3 nitrogen and oxygen atoms in total. The predicted molar refractivity (Wildman–Crippen MR) is 62.0 cm³/mol. The molecule has 4 heteroatoms. The first-order chi connectivity index (χ1) is 7.47. The number of hydrogen-bond donors (Lipinski definition) is 1. The Labute approximate surface area is 96.0 Å². The second-order valence-corrected chi connectivity index (χ2v) is 6.54. The topological polar surface area (TPSA) is 54.4 Å². The zero-order chi connectivity index (χ0) is 11.8. The molecule has 2 rings (SSSR count). The fraction of sp³-hybridized carbons (Fsp3) is 0.500. The standard InChI is InChI=1S/C12H16O3S/c1-16(14,15)11-6-2-9(3-7-11)8-12(13)10-4-5-10/h2-3,6-7,10,12-13H,4-5,8H2,1H3. The molecule has 0 amide bonds. The molecule has 0 spiro atoms. The second kappa shape index (κ2) is 4.18. The van der Waals surface area contributed by atoms with Crippen molar-refractivity contribution < 1.29 is 13.5 Å². The van der Waals surface area contributed by atoms with Crippen molar-refractivity contribution in [3.63, 3.8) is 0 Å². The number of aliphatic hydroxyl groups is 1. The van der Waals surface area contributed by atoms with Gasteiger partial charge in [0.15, 0.2) is 9.84 Å². The monoisotopic (exact) mass is 240 g/mol. The number of rotatable bonds is 4. The Morgan fingerprint density at radius 3 is 2.31 bits per heavy atom. The van der Waals surface area contributed by atoms with E-state index in [9.17, 15) is 13.5 Å². The summed E-state index contributed by atoms with van der Waals surface area (Å²) in [4.78, 5) is 0.331. The van der Waals surface area contributed by atoms with Crippen molar-refractivity contribution >= 4 is 9.84 Å². The first-order valence-electron chi connectivity index (χ1n) is 5.44. The lowest BCUT2D eigenvalue weighted by Gasteiger charge is -2.09. The van der Waals surface area contributed by atoms with Crippen molar-refractivity contribution in [2.75, 3.05) is 6.26 Å². The molecule has 1 aliphatic carbocycles. The van der Waals surface area contributed by atoms with Gasteiger partial charge < -0.3 is 5.11 Å². The van der Waals surface area contributed by atoms with E-state index in [0.717, 1.165) is 18.4 Å². The van der Waals surface area contributed by atoms with Gasteiger partial charge in [-0.15, -0.1) is 0 Å². The van der Waals surface area contributed by atoms with Gasteiger partial charge in [0.05, 0.1) is 11.0 Å². The zero-order valence-electron chi connectivity index (χ0n) is 9.26. The van der Waals surface area contributed by atoms with Crippen molar-refractivity contribution in [2.45, 2.75) is 30.3 Å². The van der Waals surface area contributed by atoms with Gasteiger partial charge in [0.25, 0.3) is 0 Å². The Morgan fingerprint density at radius 2 is 1.88 bits per heavy atom. The van der Waals surface area contributed by atoms with E-state index < -0.39 is 9.84 Å². The van der Waals surface area contributed by atoms with Crippen LogP contribution in [0.3, 0.4) is 0 Å². The van der Waals surface area contributed by atoms with E-state index in [4.69, 9.17) is 0 Å². The molecule has 1 aromatic rings. The lowest BCUT2D eigenvalue weighted by Crippen LogP contribution is -2.12. The van der Waals surface area contributed by atoms with E-state index in [1.165, 1.54) is 6.26 Å². The van der Waals surface area contributed by atoms with Crippen molar-refractivity contribution in [3.8, 4) is 0 Å². The fourth-order valence-electron chi connectivity index (χ4n) is 1.76. The summed E-state index contributed by atoms with van der Waals surface area (Å²) in [6, 6.07) is 6.76. The van der Waals surface area contributed by atoms with Crippen molar-refractivity contribution in [1.82, 2.24) is 0 Å². The van der Waals surface area contributed by atoms with Crippen molar-refractivity contribution in [1.29, 1.82) is 0 Å². The van der Waals surface area contributed by atoms with Gasteiger partial charge >= 0.3 is 0 Å². The largest absolute Gasteiger partial charge is 0.392 e. The molecule has 16 heavy (non-hydrogen) atoms. The summed E-state index contributed by atoms with van der Waals surface area (Å²) in [6.07, 6.45) is 3.77. The van der Waals surface area contributed by atoms with Crippen molar-refractivity contribution in [3.05, 3.63) is 29.8 Å². The molecule has 0 saturated heterocycles. The van der Waals surface area contributed by atoms with Crippen LogP contribution in [0.4, 0.5) is 0 Å². The highest BCUT2D eigenvalue weighted by Gasteiger charge is 2.29. The van der Waals surface area contributed by atoms with Crippen molar-refractivity contribution in [2.24, 2.45) is 5.92 Å². The zero-order valence-corrected chi connectivity index (χ0v) is 10.1. The van der Waals surface area contributed by atoms with Gasteiger partial charge in [-0.3, -0.25) is 0 Å². The Hall–Kier alpha value is -0.870. The molecule has 88 valence electrons. The molecule has 0 bridgehead atoms. The van der Waals surface area contributed by atoms with Crippen LogP contribution in [-0.2, 0) is 16.3 Å². The highest BCUT2D eigenvalue weighted by atomic mass is 32.2. The molecule has 1 saturated carbocycles. The van der Waals surface area contributed by atoms with Crippen LogP contribution < -0.4 is 0 Å². The normalized spacial score (nSPS) is 18.4. The quantitative estimate of drug-likeness (QED) is 0.865. The average molecular weight is 240 g/mol. The van der Waals surface area contributed by atoms with E-state index in [-0.39, 0.29) is 6.10 Å². The maximum Gasteiger partial charge on any atom is 0.175 e. The Morgan fingerprint density at radius 1 is 1.31 bits per heavy atom. The van der Waals surface area contributed by atoms with Gasteiger partial charge in [-0.2, -0.15) is 0 Å². The lowest BCUT2D eigenvalue weighted by molar-refractivity contribution is 0.151. The maximum atomic E-state index is 11.2. The van der Waals surface area contributed by atoms with E-state index in [1.807, 2.05) is 0 Å². The van der Waals surface area contributed by atoms with Crippen LogP contribution in [0.15, 0.2) is 29.2 Å². The van der Waals surface area contributed by atoms with Gasteiger partial charge in [-0.05, 0) is 42.9 Å². The first-order valence-corrected chi connectivity index (χ1v) is 7.33. The third kappa shape index (κ3) is 2.83. The summed E-state index contributed by atoms with van der Waals surface area (Å²) >= 11 is 0. The Balaban J connectivity index is 2.07. The maximum absolute atomic E-state index is 11.2. The third-order valence-electron chi connectivity index (χ3n) is 2.96. The molecular formula is C12H16O3S. The minimum Gasteiger partial charge on any atom is -0.392 e. The average Bonchev–Trinajstić information content (AvgIpc) is 3.00. The molecule has 0 aliphatic heterocycles. The predicted octanol–water partition coefficient (Wildman–Crippen LogP) is 1.40. The van der Waals surface area contributed by atoms with Crippen LogP contribution in [0.5, 0.6) is 0 Å². The summed E-state index contributed by atoms with van der Waals surface area (Å²) in [6.45, 7) is 0. The minimum absolute atomic E-state index is 0.274. The first kappa shape index (κ1) is 11.6. The smallest absolute Gasteiger partial charge is 0.175 e. The van der Waals surface area contributed by atoms with Crippen LogP contribution >= 0.6 is 0 Å². The van der Waals surface area contributed by atoms with Crippen LogP contribution in [-0.4, -0.2) is 25.9 Å². The molecule has 1 N–H and O–H groups in total. The summed E-state index contributed by atoms with van der Waals surface area (Å²) < 4.78 is 22.5. The number of hydrogen-bond acceptors (Lipinski definition) is 3. The lowest BCUT2D eigenvalue weighted by atomic mass is 10.1. The highest BCUT2D eigenvalue weighted by molar-refractivity contribution is 7.90. The molecule has 0 aromatic heterocycles. The van der Waals surface area contributed by atoms with E-state index in [1.54, 1.807) is 24.3 Å². The number of sulfone groups is 1. The van der Waals surface area contributed by atoms with Gasteiger partial charge in [0, 0.05) is 6.26 Å². The summed E-state index contributed by atoms with van der Waals surface area (Å²) in [5, 5.41) is 9.75. The van der Waals surface area contributed by atoms with E-state index in [0.29, 0.717) is 17.2 Å². The van der Waals surface area contributed by atoms with Gasteiger partial charge in [0.2, 0.25) is 0 Å². The van der Waals surface area contributed by atoms with E-state index >= 15 is 0 Å². The third-order valence-corrected chi connectivity index (χ3v) is 4.09. The summed E-state index contributed by atoms with van der Waals surface area (Å²) in [5.74, 6) is 0.453.